The Labute approximate surface area is 103 Å². The second-order valence-corrected chi connectivity index (χ2v) is 4.40. The second-order valence-electron chi connectivity index (χ2n) is 4.40. The van der Waals surface area contributed by atoms with E-state index in [1.54, 1.807) is 0 Å². The van der Waals surface area contributed by atoms with Gasteiger partial charge in [-0.25, -0.2) is 4.98 Å². The van der Waals surface area contributed by atoms with Gasteiger partial charge in [0.15, 0.2) is 0 Å². The van der Waals surface area contributed by atoms with Crippen LogP contribution >= 0.6 is 0 Å². The van der Waals surface area contributed by atoms with Crippen molar-refractivity contribution in [3.05, 3.63) is 53.6 Å². The molecule has 1 aromatic heterocycles. The minimum Gasteiger partial charge on any atom is -0.336 e. The van der Waals surface area contributed by atoms with Gasteiger partial charge in [-0.1, -0.05) is 24.3 Å². The largest absolute Gasteiger partial charge is 0.336 e. The first kappa shape index (κ1) is 11.9. The summed E-state index contributed by atoms with van der Waals surface area (Å²) in [6, 6.07) is 8.83. The summed E-state index contributed by atoms with van der Waals surface area (Å²) < 4.78 is 2.07. The summed E-state index contributed by atoms with van der Waals surface area (Å²) in [4.78, 5) is 4.18. The smallest absolute Gasteiger partial charge is 0.0946 e. The Hall–Kier alpha value is -1.61. The van der Waals surface area contributed by atoms with Crippen LogP contribution in [0, 0.1) is 6.92 Å². The molecular weight excluding hydrogens is 210 g/mol. The molecule has 0 aliphatic heterocycles. The number of imidazole rings is 1. The fraction of sp³-hybridized carbons (Fsp3) is 0.357. The van der Waals surface area contributed by atoms with Gasteiger partial charge in [0.25, 0.3) is 0 Å². The monoisotopic (exact) mass is 229 g/mol. The van der Waals surface area contributed by atoms with Crippen LogP contribution in [-0.2, 0) is 13.5 Å². The Morgan fingerprint density at radius 3 is 2.71 bits per heavy atom. The SMILES string of the molecule is CNC(Cc1ccccc1C)c1cncn1C. The Bertz CT molecular complexity index is 488. The Balaban J connectivity index is 2.22. The van der Waals surface area contributed by atoms with Gasteiger partial charge in [0, 0.05) is 13.2 Å². The number of nitrogens with zero attached hydrogens (tertiary/aromatic N) is 2. The Morgan fingerprint density at radius 1 is 1.35 bits per heavy atom. The number of rotatable bonds is 4. The number of likely N-dealkylation sites (N-methyl/N-ethyl adjacent to an activating group) is 1. The summed E-state index contributed by atoms with van der Waals surface area (Å²) in [6.07, 6.45) is 4.76. The molecule has 17 heavy (non-hydrogen) atoms. The van der Waals surface area contributed by atoms with Gasteiger partial charge in [-0.15, -0.1) is 0 Å². The Kier molecular flexibility index (Phi) is 3.59. The van der Waals surface area contributed by atoms with Gasteiger partial charge < -0.3 is 9.88 Å². The van der Waals surface area contributed by atoms with Gasteiger partial charge in [-0.2, -0.15) is 0 Å². The molecule has 1 aromatic carbocycles. The lowest BCUT2D eigenvalue weighted by Crippen LogP contribution is -2.21. The molecule has 0 aliphatic rings. The molecule has 0 amide bonds. The van der Waals surface area contributed by atoms with Crippen molar-refractivity contribution in [2.75, 3.05) is 7.05 Å². The standard InChI is InChI=1S/C14H19N3/c1-11-6-4-5-7-12(11)8-13(15-2)14-9-16-10-17(14)3/h4-7,9-10,13,15H,8H2,1-3H3. The van der Waals surface area contributed by atoms with Crippen molar-refractivity contribution in [3.63, 3.8) is 0 Å². The van der Waals surface area contributed by atoms with E-state index in [4.69, 9.17) is 0 Å². The molecule has 2 rings (SSSR count). The molecule has 3 nitrogen and oxygen atoms in total. The van der Waals surface area contributed by atoms with Crippen molar-refractivity contribution in [1.29, 1.82) is 0 Å². The maximum absolute atomic E-state index is 4.18. The van der Waals surface area contributed by atoms with E-state index in [1.165, 1.54) is 16.8 Å². The summed E-state index contributed by atoms with van der Waals surface area (Å²) >= 11 is 0. The van der Waals surface area contributed by atoms with Crippen LogP contribution in [0.5, 0.6) is 0 Å². The predicted molar refractivity (Wildman–Crippen MR) is 69.9 cm³/mol. The molecule has 1 atom stereocenters. The number of aromatic nitrogens is 2. The zero-order valence-corrected chi connectivity index (χ0v) is 10.6. The van der Waals surface area contributed by atoms with E-state index in [0.717, 1.165) is 6.42 Å². The van der Waals surface area contributed by atoms with E-state index < -0.39 is 0 Å². The van der Waals surface area contributed by atoms with Crippen LogP contribution < -0.4 is 5.32 Å². The lowest BCUT2D eigenvalue weighted by atomic mass is 9.99. The Morgan fingerprint density at radius 2 is 2.12 bits per heavy atom. The first-order valence-electron chi connectivity index (χ1n) is 5.90. The highest BCUT2D eigenvalue weighted by Crippen LogP contribution is 2.19. The third-order valence-electron chi connectivity index (χ3n) is 3.24. The van der Waals surface area contributed by atoms with Crippen molar-refractivity contribution in [1.82, 2.24) is 14.9 Å². The summed E-state index contributed by atoms with van der Waals surface area (Å²) in [5.74, 6) is 0. The van der Waals surface area contributed by atoms with E-state index in [0.29, 0.717) is 6.04 Å². The molecule has 0 aliphatic carbocycles. The predicted octanol–water partition coefficient (Wildman–Crippen LogP) is 2.23. The van der Waals surface area contributed by atoms with E-state index in [1.807, 2.05) is 26.6 Å². The van der Waals surface area contributed by atoms with Crippen molar-refractivity contribution < 1.29 is 0 Å². The average Bonchev–Trinajstić information content (AvgIpc) is 2.75. The molecule has 0 saturated carbocycles. The van der Waals surface area contributed by atoms with E-state index in [2.05, 4.69) is 46.1 Å². The van der Waals surface area contributed by atoms with Crippen molar-refractivity contribution >= 4 is 0 Å². The molecule has 0 saturated heterocycles. The zero-order chi connectivity index (χ0) is 12.3. The maximum Gasteiger partial charge on any atom is 0.0946 e. The van der Waals surface area contributed by atoms with Gasteiger partial charge in [-0.3, -0.25) is 0 Å². The fourth-order valence-electron chi connectivity index (χ4n) is 2.12. The molecule has 3 heteroatoms. The first-order chi connectivity index (χ1) is 8.22. The van der Waals surface area contributed by atoms with Crippen LogP contribution in [0.25, 0.3) is 0 Å². The number of nitrogens with one attached hydrogen (secondary N) is 1. The molecular formula is C14H19N3. The molecule has 0 radical (unpaired) electrons. The van der Waals surface area contributed by atoms with Gasteiger partial charge in [-0.05, 0) is 31.5 Å². The summed E-state index contributed by atoms with van der Waals surface area (Å²) in [7, 11) is 4.03. The number of hydrogen-bond donors (Lipinski definition) is 1. The molecule has 1 unspecified atom stereocenters. The lowest BCUT2D eigenvalue weighted by molar-refractivity contribution is 0.554. The third-order valence-corrected chi connectivity index (χ3v) is 3.24. The number of benzene rings is 1. The summed E-state index contributed by atoms with van der Waals surface area (Å²) in [5, 5.41) is 3.36. The van der Waals surface area contributed by atoms with Gasteiger partial charge in [0.05, 0.1) is 18.1 Å². The van der Waals surface area contributed by atoms with Crippen LogP contribution in [0.1, 0.15) is 22.9 Å². The first-order valence-corrected chi connectivity index (χ1v) is 5.90. The molecule has 0 spiro atoms. The van der Waals surface area contributed by atoms with Crippen molar-refractivity contribution in [2.45, 2.75) is 19.4 Å². The molecule has 0 fully saturated rings. The van der Waals surface area contributed by atoms with Crippen LogP contribution in [0.15, 0.2) is 36.8 Å². The summed E-state index contributed by atoms with van der Waals surface area (Å²) in [6.45, 7) is 2.16. The fourth-order valence-corrected chi connectivity index (χ4v) is 2.12. The van der Waals surface area contributed by atoms with E-state index >= 15 is 0 Å². The van der Waals surface area contributed by atoms with Crippen molar-refractivity contribution in [3.8, 4) is 0 Å². The van der Waals surface area contributed by atoms with Crippen LogP contribution in [0.4, 0.5) is 0 Å². The normalized spacial score (nSPS) is 12.6. The number of hydrogen-bond acceptors (Lipinski definition) is 2. The van der Waals surface area contributed by atoms with Crippen LogP contribution in [0.3, 0.4) is 0 Å². The average molecular weight is 229 g/mol. The highest BCUT2D eigenvalue weighted by atomic mass is 15.1. The zero-order valence-electron chi connectivity index (χ0n) is 10.6. The minimum absolute atomic E-state index is 0.309. The van der Waals surface area contributed by atoms with Gasteiger partial charge in [0.1, 0.15) is 0 Å². The second kappa shape index (κ2) is 5.15. The van der Waals surface area contributed by atoms with Crippen LogP contribution in [-0.4, -0.2) is 16.6 Å². The highest BCUT2D eigenvalue weighted by Gasteiger charge is 2.14. The van der Waals surface area contributed by atoms with Crippen molar-refractivity contribution in [2.24, 2.45) is 7.05 Å². The third kappa shape index (κ3) is 2.56. The highest BCUT2D eigenvalue weighted by molar-refractivity contribution is 5.27. The summed E-state index contributed by atoms with van der Waals surface area (Å²) in [5.41, 5.74) is 3.94. The van der Waals surface area contributed by atoms with Gasteiger partial charge in [0.2, 0.25) is 0 Å². The minimum atomic E-state index is 0.309. The molecule has 2 aromatic rings. The maximum atomic E-state index is 4.18. The van der Waals surface area contributed by atoms with E-state index in [9.17, 15) is 0 Å². The molecule has 0 bridgehead atoms. The molecule has 1 heterocycles. The quantitative estimate of drug-likeness (QED) is 0.871. The van der Waals surface area contributed by atoms with Crippen LogP contribution in [0.2, 0.25) is 0 Å². The van der Waals surface area contributed by atoms with Gasteiger partial charge >= 0.3 is 0 Å². The lowest BCUT2D eigenvalue weighted by Gasteiger charge is -2.17. The molecule has 1 N–H and O–H groups in total. The topological polar surface area (TPSA) is 29.9 Å². The van der Waals surface area contributed by atoms with E-state index in [-0.39, 0.29) is 0 Å². The number of aryl methyl sites for hydroxylation is 2. The molecule has 90 valence electrons.